The van der Waals surface area contributed by atoms with Gasteiger partial charge in [-0.05, 0) is 19.1 Å². The van der Waals surface area contributed by atoms with Crippen LogP contribution in [-0.2, 0) is 0 Å². The second-order valence-corrected chi connectivity index (χ2v) is 2.88. The Morgan fingerprint density at radius 3 is 2.50 bits per heavy atom. The first-order valence-electron chi connectivity index (χ1n) is 4.40. The van der Waals surface area contributed by atoms with Crippen molar-refractivity contribution in [3.63, 3.8) is 0 Å². The molecule has 6 heteroatoms. The van der Waals surface area contributed by atoms with E-state index in [0.717, 1.165) is 18.2 Å². The number of hydrogen-bond donors (Lipinski definition) is 0. The summed E-state index contributed by atoms with van der Waals surface area (Å²) in [6.07, 6.45) is -5.09. The Labute approximate surface area is 88.8 Å². The Morgan fingerprint density at radius 1 is 1.38 bits per heavy atom. The highest BCUT2D eigenvalue weighted by Crippen LogP contribution is 2.27. The third kappa shape index (κ3) is 2.50. The Hall–Kier alpha value is -1.59. The molecule has 1 aromatic rings. The van der Waals surface area contributed by atoms with Gasteiger partial charge < -0.3 is 4.74 Å². The predicted molar refractivity (Wildman–Crippen MR) is 48.0 cm³/mol. The second-order valence-electron chi connectivity index (χ2n) is 2.88. The molecule has 0 aromatic heterocycles. The monoisotopic (exact) mass is 236 g/mol. The number of rotatable bonds is 3. The van der Waals surface area contributed by atoms with Crippen LogP contribution in [-0.4, -0.2) is 18.6 Å². The maximum atomic E-state index is 13.4. The standard InChI is InChI=1S/C10H8F4O2/c1-2-16-7-5-3-4-6(8(7)11)9(15)10(12,13)14/h3-5H,2H2,1H3. The summed E-state index contributed by atoms with van der Waals surface area (Å²) in [4.78, 5) is 10.8. The molecule has 0 N–H and O–H groups in total. The van der Waals surface area contributed by atoms with E-state index in [2.05, 4.69) is 0 Å². The summed E-state index contributed by atoms with van der Waals surface area (Å²) < 4.78 is 54.4. The van der Waals surface area contributed by atoms with Gasteiger partial charge in [0.2, 0.25) is 0 Å². The zero-order valence-corrected chi connectivity index (χ0v) is 8.27. The fourth-order valence-electron chi connectivity index (χ4n) is 1.11. The van der Waals surface area contributed by atoms with Gasteiger partial charge in [0.15, 0.2) is 11.6 Å². The normalized spacial score (nSPS) is 11.3. The number of Topliss-reactive ketones (excluding diaryl/α,β-unsaturated/α-hetero) is 1. The molecule has 0 heterocycles. The summed E-state index contributed by atoms with van der Waals surface area (Å²) >= 11 is 0. The Bertz CT molecular complexity index is 398. The third-order valence-electron chi connectivity index (χ3n) is 1.77. The van der Waals surface area contributed by atoms with Gasteiger partial charge >= 0.3 is 6.18 Å². The summed E-state index contributed by atoms with van der Waals surface area (Å²) in [6, 6.07) is 3.06. The highest BCUT2D eigenvalue weighted by atomic mass is 19.4. The molecule has 0 spiro atoms. The number of ether oxygens (including phenoxy) is 1. The van der Waals surface area contributed by atoms with Gasteiger partial charge in [0, 0.05) is 0 Å². The largest absolute Gasteiger partial charge is 0.491 e. The van der Waals surface area contributed by atoms with Crippen LogP contribution in [0.15, 0.2) is 18.2 Å². The van der Waals surface area contributed by atoms with Gasteiger partial charge in [0.1, 0.15) is 0 Å². The summed E-state index contributed by atoms with van der Waals surface area (Å²) in [7, 11) is 0. The van der Waals surface area contributed by atoms with Gasteiger partial charge in [-0.1, -0.05) is 6.07 Å². The van der Waals surface area contributed by atoms with Gasteiger partial charge in [-0.2, -0.15) is 13.2 Å². The summed E-state index contributed by atoms with van der Waals surface area (Å²) in [5, 5.41) is 0. The van der Waals surface area contributed by atoms with Crippen molar-refractivity contribution in [2.45, 2.75) is 13.1 Å². The Kier molecular flexibility index (Phi) is 3.51. The molecule has 0 fully saturated rings. The smallest absolute Gasteiger partial charge is 0.454 e. The van der Waals surface area contributed by atoms with Crippen LogP contribution < -0.4 is 4.74 Å². The average molecular weight is 236 g/mol. The van der Waals surface area contributed by atoms with Crippen molar-refractivity contribution in [3.05, 3.63) is 29.6 Å². The van der Waals surface area contributed by atoms with E-state index in [-0.39, 0.29) is 12.4 Å². The first kappa shape index (κ1) is 12.5. The van der Waals surface area contributed by atoms with E-state index < -0.39 is 23.3 Å². The van der Waals surface area contributed by atoms with Gasteiger partial charge in [-0.25, -0.2) is 4.39 Å². The molecule has 1 rings (SSSR count). The number of benzene rings is 1. The minimum atomic E-state index is -5.09. The van der Waals surface area contributed by atoms with Gasteiger partial charge in [0.25, 0.3) is 5.78 Å². The van der Waals surface area contributed by atoms with E-state index in [0.29, 0.717) is 0 Å². The molecule has 0 aliphatic heterocycles. The van der Waals surface area contributed by atoms with Crippen molar-refractivity contribution in [3.8, 4) is 5.75 Å². The Morgan fingerprint density at radius 2 is 2.00 bits per heavy atom. The molecule has 0 aliphatic rings. The van der Waals surface area contributed by atoms with Crippen molar-refractivity contribution in [1.82, 2.24) is 0 Å². The highest BCUT2D eigenvalue weighted by molar-refractivity contribution is 6.00. The van der Waals surface area contributed by atoms with Crippen LogP contribution in [0.5, 0.6) is 5.75 Å². The number of alkyl halides is 3. The first-order valence-corrected chi connectivity index (χ1v) is 4.40. The lowest BCUT2D eigenvalue weighted by molar-refractivity contribution is -0.0887. The molecule has 0 radical (unpaired) electrons. The number of carbonyl (C=O) groups excluding carboxylic acids is 1. The van der Waals surface area contributed by atoms with E-state index in [1.165, 1.54) is 0 Å². The lowest BCUT2D eigenvalue weighted by Gasteiger charge is -2.09. The van der Waals surface area contributed by atoms with E-state index in [1.807, 2.05) is 0 Å². The van der Waals surface area contributed by atoms with Gasteiger partial charge in [0.05, 0.1) is 12.2 Å². The number of ketones is 1. The third-order valence-corrected chi connectivity index (χ3v) is 1.77. The van der Waals surface area contributed by atoms with Crippen LogP contribution in [0.4, 0.5) is 17.6 Å². The van der Waals surface area contributed by atoms with E-state index in [1.54, 1.807) is 6.92 Å². The van der Waals surface area contributed by atoms with Crippen molar-refractivity contribution in [1.29, 1.82) is 0 Å². The summed E-state index contributed by atoms with van der Waals surface area (Å²) in [6.45, 7) is 1.65. The zero-order chi connectivity index (χ0) is 12.3. The van der Waals surface area contributed by atoms with Gasteiger partial charge in [-0.15, -0.1) is 0 Å². The molecule has 0 aliphatic carbocycles. The van der Waals surface area contributed by atoms with Crippen LogP contribution in [0.3, 0.4) is 0 Å². The first-order chi connectivity index (χ1) is 7.38. The van der Waals surface area contributed by atoms with Crippen LogP contribution in [0, 0.1) is 5.82 Å². The van der Waals surface area contributed by atoms with Crippen molar-refractivity contribution in [2.24, 2.45) is 0 Å². The minimum Gasteiger partial charge on any atom is -0.491 e. The molecule has 2 nitrogen and oxygen atoms in total. The molecule has 0 saturated carbocycles. The van der Waals surface area contributed by atoms with Crippen molar-refractivity contribution >= 4 is 5.78 Å². The molecule has 1 aromatic carbocycles. The van der Waals surface area contributed by atoms with Crippen LogP contribution in [0.1, 0.15) is 17.3 Å². The van der Waals surface area contributed by atoms with Crippen molar-refractivity contribution < 1.29 is 27.1 Å². The maximum Gasteiger partial charge on any atom is 0.454 e. The molecular weight excluding hydrogens is 228 g/mol. The number of carbonyl (C=O) groups is 1. The molecule has 88 valence electrons. The lowest BCUT2D eigenvalue weighted by Crippen LogP contribution is -2.24. The highest BCUT2D eigenvalue weighted by Gasteiger charge is 2.41. The Balaban J connectivity index is 3.16. The topological polar surface area (TPSA) is 26.3 Å². The van der Waals surface area contributed by atoms with E-state index in [9.17, 15) is 22.4 Å². The van der Waals surface area contributed by atoms with Crippen molar-refractivity contribution in [2.75, 3.05) is 6.61 Å². The summed E-state index contributed by atoms with van der Waals surface area (Å²) in [5.74, 6) is -3.86. The molecule has 0 saturated heterocycles. The van der Waals surface area contributed by atoms with Crippen LogP contribution in [0.25, 0.3) is 0 Å². The molecule has 0 unspecified atom stereocenters. The minimum absolute atomic E-state index is 0.0978. The maximum absolute atomic E-state index is 13.4. The lowest BCUT2D eigenvalue weighted by atomic mass is 10.1. The van der Waals surface area contributed by atoms with E-state index in [4.69, 9.17) is 4.74 Å². The van der Waals surface area contributed by atoms with Gasteiger partial charge in [-0.3, -0.25) is 4.79 Å². The molecule has 0 atom stereocenters. The fraction of sp³-hybridized carbons (Fsp3) is 0.300. The molecule has 0 amide bonds. The van der Waals surface area contributed by atoms with Crippen LogP contribution in [0.2, 0.25) is 0 Å². The number of hydrogen-bond acceptors (Lipinski definition) is 2. The van der Waals surface area contributed by atoms with E-state index >= 15 is 0 Å². The predicted octanol–water partition coefficient (Wildman–Crippen LogP) is 2.97. The molecule has 0 bridgehead atoms. The van der Waals surface area contributed by atoms with Crippen LogP contribution >= 0.6 is 0 Å². The molecular formula is C10H8F4O2. The summed E-state index contributed by atoms with van der Waals surface area (Å²) in [5.41, 5.74) is -1.03. The fourth-order valence-corrected chi connectivity index (χ4v) is 1.11. The second kappa shape index (κ2) is 4.51. The number of halogens is 4. The SMILES string of the molecule is CCOc1cccc(C(=O)C(F)(F)F)c1F. The average Bonchev–Trinajstić information content (AvgIpc) is 2.19. The quantitative estimate of drug-likeness (QED) is 0.595. The molecule has 16 heavy (non-hydrogen) atoms. The zero-order valence-electron chi connectivity index (χ0n) is 8.27.